The van der Waals surface area contributed by atoms with Gasteiger partial charge in [-0.15, -0.1) is 0 Å². The summed E-state index contributed by atoms with van der Waals surface area (Å²) in [7, 11) is 0. The summed E-state index contributed by atoms with van der Waals surface area (Å²) < 4.78 is 1.04. The van der Waals surface area contributed by atoms with Crippen LogP contribution in [0, 0.1) is 11.3 Å². The molecule has 1 atom stereocenters. The molecule has 0 aliphatic carbocycles. The van der Waals surface area contributed by atoms with E-state index < -0.39 is 0 Å². The number of halogens is 1. The van der Waals surface area contributed by atoms with Gasteiger partial charge in [-0.05, 0) is 37.0 Å². The van der Waals surface area contributed by atoms with Gasteiger partial charge in [-0.3, -0.25) is 5.41 Å². The van der Waals surface area contributed by atoms with Crippen LogP contribution in [0.5, 0.6) is 0 Å². The van der Waals surface area contributed by atoms with Crippen LogP contribution in [0.1, 0.15) is 31.7 Å². The van der Waals surface area contributed by atoms with Crippen LogP contribution in [-0.4, -0.2) is 18.9 Å². The van der Waals surface area contributed by atoms with E-state index in [1.165, 1.54) is 19.3 Å². The van der Waals surface area contributed by atoms with Gasteiger partial charge in [-0.25, -0.2) is 0 Å². The number of hydrogen-bond acceptors (Lipinski definition) is 2. The van der Waals surface area contributed by atoms with Crippen molar-refractivity contribution in [1.82, 2.24) is 0 Å². The fourth-order valence-corrected chi connectivity index (χ4v) is 3.04. The van der Waals surface area contributed by atoms with E-state index in [0.717, 1.165) is 34.7 Å². The number of amidine groups is 1. The number of nitrogens with two attached hydrogens (primary N) is 1. The summed E-state index contributed by atoms with van der Waals surface area (Å²) in [6.45, 7) is 4.40. The summed E-state index contributed by atoms with van der Waals surface area (Å²) in [5.41, 5.74) is 7.60. The predicted octanol–water partition coefficient (Wildman–Crippen LogP) is 3.36. The van der Waals surface area contributed by atoms with E-state index in [4.69, 9.17) is 11.1 Å². The second kappa shape index (κ2) is 5.74. The van der Waals surface area contributed by atoms with E-state index >= 15 is 0 Å². The molecule has 0 amide bonds. The molecule has 0 spiro atoms. The minimum atomic E-state index is 0.149. The largest absolute Gasteiger partial charge is 0.384 e. The molecule has 1 aromatic rings. The molecule has 0 radical (unpaired) electrons. The summed E-state index contributed by atoms with van der Waals surface area (Å²) in [6, 6.07) is 5.94. The molecular weight excluding hydrogens is 290 g/mol. The number of hydrogen-bond donors (Lipinski definition) is 2. The van der Waals surface area contributed by atoms with Gasteiger partial charge in [0.25, 0.3) is 0 Å². The molecule has 1 saturated heterocycles. The molecule has 1 fully saturated rings. The first kappa shape index (κ1) is 13.4. The average molecular weight is 310 g/mol. The van der Waals surface area contributed by atoms with Crippen molar-refractivity contribution in [3.8, 4) is 0 Å². The Balaban J connectivity index is 2.23. The first-order valence-corrected chi connectivity index (χ1v) is 7.30. The third-order valence-corrected chi connectivity index (χ3v) is 4.07. The number of nitrogens with one attached hydrogen (secondary N) is 1. The van der Waals surface area contributed by atoms with Gasteiger partial charge >= 0.3 is 0 Å². The molecule has 1 aliphatic heterocycles. The van der Waals surface area contributed by atoms with E-state index in [2.05, 4.69) is 33.8 Å². The number of anilines is 1. The van der Waals surface area contributed by atoms with Crippen molar-refractivity contribution in [2.75, 3.05) is 18.0 Å². The normalized spacial score (nSPS) is 19.2. The average Bonchev–Trinajstić information content (AvgIpc) is 2.77. The molecule has 3 N–H and O–H groups in total. The topological polar surface area (TPSA) is 53.1 Å². The molecule has 98 valence electrons. The third kappa shape index (κ3) is 2.86. The van der Waals surface area contributed by atoms with Crippen molar-refractivity contribution in [3.05, 3.63) is 28.2 Å². The van der Waals surface area contributed by atoms with Gasteiger partial charge in [0.2, 0.25) is 0 Å². The molecule has 0 saturated carbocycles. The monoisotopic (exact) mass is 309 g/mol. The molecule has 1 unspecified atom stereocenters. The fraction of sp³-hybridized carbons (Fsp3) is 0.500. The number of nitrogens with zero attached hydrogens (tertiary/aromatic N) is 1. The zero-order valence-corrected chi connectivity index (χ0v) is 12.3. The van der Waals surface area contributed by atoms with Gasteiger partial charge in [0.05, 0.1) is 0 Å². The molecule has 4 heteroatoms. The van der Waals surface area contributed by atoms with Crippen molar-refractivity contribution in [3.63, 3.8) is 0 Å². The summed E-state index contributed by atoms with van der Waals surface area (Å²) in [5.74, 6) is 0.935. The van der Waals surface area contributed by atoms with Gasteiger partial charge in [0, 0.05) is 28.8 Å². The van der Waals surface area contributed by atoms with E-state index in [1.54, 1.807) is 0 Å². The van der Waals surface area contributed by atoms with E-state index in [9.17, 15) is 0 Å². The lowest BCUT2D eigenvalue weighted by molar-refractivity contribution is 0.530. The summed E-state index contributed by atoms with van der Waals surface area (Å²) in [5, 5.41) is 7.68. The van der Waals surface area contributed by atoms with E-state index in [-0.39, 0.29) is 5.84 Å². The highest BCUT2D eigenvalue weighted by Gasteiger charge is 2.24. The van der Waals surface area contributed by atoms with Crippen molar-refractivity contribution in [2.24, 2.45) is 11.7 Å². The highest BCUT2D eigenvalue weighted by atomic mass is 79.9. The smallest absolute Gasteiger partial charge is 0.124 e. The number of nitrogen functional groups attached to an aromatic ring is 1. The van der Waals surface area contributed by atoms with Crippen LogP contribution < -0.4 is 10.6 Å². The molecule has 3 nitrogen and oxygen atoms in total. The Labute approximate surface area is 117 Å². The molecule has 0 bridgehead atoms. The Morgan fingerprint density at radius 3 is 3.00 bits per heavy atom. The van der Waals surface area contributed by atoms with Gasteiger partial charge in [0.1, 0.15) is 5.84 Å². The molecule has 1 aromatic carbocycles. The Bertz CT molecular complexity index is 445. The van der Waals surface area contributed by atoms with Crippen molar-refractivity contribution < 1.29 is 0 Å². The van der Waals surface area contributed by atoms with Gasteiger partial charge in [-0.2, -0.15) is 0 Å². The van der Waals surface area contributed by atoms with Crippen LogP contribution in [0.3, 0.4) is 0 Å². The minimum absolute atomic E-state index is 0.149. The Morgan fingerprint density at radius 2 is 2.33 bits per heavy atom. The van der Waals surface area contributed by atoms with Crippen LogP contribution in [0.25, 0.3) is 0 Å². The molecule has 1 aliphatic rings. The fourth-order valence-electron chi connectivity index (χ4n) is 2.69. The molecule has 2 rings (SSSR count). The lowest BCUT2D eigenvalue weighted by atomic mass is 10.0. The molecule has 18 heavy (non-hydrogen) atoms. The zero-order chi connectivity index (χ0) is 13.1. The Hall–Kier alpha value is -1.03. The second-order valence-electron chi connectivity index (χ2n) is 4.96. The number of benzene rings is 1. The lowest BCUT2D eigenvalue weighted by Gasteiger charge is -2.22. The SMILES string of the molecule is CCCC1CCN(c2cc(Br)ccc2C(=N)N)C1. The maximum atomic E-state index is 7.68. The molecule has 1 heterocycles. The predicted molar refractivity (Wildman–Crippen MR) is 80.4 cm³/mol. The lowest BCUT2D eigenvalue weighted by Crippen LogP contribution is -2.24. The van der Waals surface area contributed by atoms with Crippen molar-refractivity contribution >= 4 is 27.5 Å². The molecular formula is C14H20BrN3. The minimum Gasteiger partial charge on any atom is -0.384 e. The first-order chi connectivity index (χ1) is 8.61. The quantitative estimate of drug-likeness (QED) is 0.662. The summed E-state index contributed by atoms with van der Waals surface area (Å²) in [6.07, 6.45) is 3.79. The maximum absolute atomic E-state index is 7.68. The number of rotatable bonds is 4. The van der Waals surface area contributed by atoms with E-state index in [0.29, 0.717) is 0 Å². The highest BCUT2D eigenvalue weighted by molar-refractivity contribution is 9.10. The van der Waals surface area contributed by atoms with Gasteiger partial charge in [0.15, 0.2) is 0 Å². The molecule has 0 aromatic heterocycles. The van der Waals surface area contributed by atoms with Crippen LogP contribution in [-0.2, 0) is 0 Å². The van der Waals surface area contributed by atoms with Crippen LogP contribution in [0.2, 0.25) is 0 Å². The van der Waals surface area contributed by atoms with Gasteiger partial charge in [-0.1, -0.05) is 29.3 Å². The van der Waals surface area contributed by atoms with Crippen LogP contribution in [0.15, 0.2) is 22.7 Å². The third-order valence-electron chi connectivity index (χ3n) is 3.57. The van der Waals surface area contributed by atoms with Crippen molar-refractivity contribution in [2.45, 2.75) is 26.2 Å². The summed E-state index contributed by atoms with van der Waals surface area (Å²) >= 11 is 3.50. The Kier molecular flexibility index (Phi) is 4.27. The standard InChI is InChI=1S/C14H20BrN3/c1-2-3-10-6-7-18(9-10)13-8-11(15)4-5-12(13)14(16)17/h4-5,8,10H,2-3,6-7,9H2,1H3,(H3,16,17). The second-order valence-corrected chi connectivity index (χ2v) is 5.88. The zero-order valence-electron chi connectivity index (χ0n) is 10.7. The van der Waals surface area contributed by atoms with E-state index in [1.807, 2.05) is 12.1 Å². The highest BCUT2D eigenvalue weighted by Crippen LogP contribution is 2.31. The van der Waals surface area contributed by atoms with Gasteiger partial charge < -0.3 is 10.6 Å². The van der Waals surface area contributed by atoms with Crippen molar-refractivity contribution in [1.29, 1.82) is 5.41 Å². The first-order valence-electron chi connectivity index (χ1n) is 6.50. The summed E-state index contributed by atoms with van der Waals surface area (Å²) in [4.78, 5) is 2.36. The maximum Gasteiger partial charge on any atom is 0.124 e. The van der Waals surface area contributed by atoms with Crippen LogP contribution >= 0.6 is 15.9 Å². The Morgan fingerprint density at radius 1 is 1.56 bits per heavy atom. The van der Waals surface area contributed by atoms with Crippen LogP contribution in [0.4, 0.5) is 5.69 Å².